The van der Waals surface area contributed by atoms with E-state index >= 15 is 0 Å². The van der Waals surface area contributed by atoms with E-state index in [0.717, 1.165) is 30.0 Å². The van der Waals surface area contributed by atoms with E-state index in [1.807, 2.05) is 12.3 Å². The van der Waals surface area contributed by atoms with Crippen molar-refractivity contribution in [2.45, 2.75) is 38.8 Å². The van der Waals surface area contributed by atoms with Crippen molar-refractivity contribution in [2.24, 2.45) is 0 Å². The molecule has 2 aromatic rings. The zero-order valence-corrected chi connectivity index (χ0v) is 11.3. The topological polar surface area (TPSA) is 37.8 Å². The van der Waals surface area contributed by atoms with Crippen LogP contribution in [0, 0.1) is 0 Å². The number of nitrogens with one attached hydrogen (secondary N) is 1. The van der Waals surface area contributed by atoms with Gasteiger partial charge in [-0.25, -0.2) is 9.97 Å². The number of nitrogens with zero attached hydrogens (tertiary/aromatic N) is 2. The van der Waals surface area contributed by atoms with Crippen LogP contribution in [0.25, 0.3) is 11.3 Å². The fraction of sp³-hybridized carbons (Fsp3) is 0.375. The molecule has 1 N–H and O–H groups in total. The summed E-state index contributed by atoms with van der Waals surface area (Å²) < 4.78 is 0. The molecule has 1 heterocycles. The molecule has 0 atom stereocenters. The Hall–Kier alpha value is -1.74. The van der Waals surface area contributed by atoms with Gasteiger partial charge in [0.15, 0.2) is 0 Å². The van der Waals surface area contributed by atoms with Gasteiger partial charge in [-0.15, -0.1) is 0 Å². The summed E-state index contributed by atoms with van der Waals surface area (Å²) in [4.78, 5) is 8.95. The molecule has 3 heteroatoms. The van der Waals surface area contributed by atoms with E-state index in [4.69, 9.17) is 0 Å². The van der Waals surface area contributed by atoms with Crippen molar-refractivity contribution in [1.82, 2.24) is 15.3 Å². The summed E-state index contributed by atoms with van der Waals surface area (Å²) in [5, 5.41) is 3.44. The summed E-state index contributed by atoms with van der Waals surface area (Å²) in [5.74, 6) is 0.879. The van der Waals surface area contributed by atoms with Gasteiger partial charge in [-0.2, -0.15) is 0 Å². The summed E-state index contributed by atoms with van der Waals surface area (Å²) >= 11 is 0. The Bertz CT molecular complexity index is 544. The zero-order valence-electron chi connectivity index (χ0n) is 11.3. The van der Waals surface area contributed by atoms with Gasteiger partial charge in [0.05, 0.1) is 12.2 Å². The third-order valence-corrected chi connectivity index (χ3v) is 3.49. The molecule has 0 saturated heterocycles. The number of hydrogen-bond acceptors (Lipinski definition) is 3. The van der Waals surface area contributed by atoms with E-state index in [9.17, 15) is 0 Å². The fourth-order valence-electron chi connectivity index (χ4n) is 2.08. The molecule has 1 fully saturated rings. The Labute approximate surface area is 114 Å². The zero-order chi connectivity index (χ0) is 13.1. The Balaban J connectivity index is 1.76. The van der Waals surface area contributed by atoms with Crippen molar-refractivity contribution in [3.8, 4) is 11.3 Å². The minimum Gasteiger partial charge on any atom is -0.307 e. The highest BCUT2D eigenvalue weighted by Gasteiger charge is 2.20. The van der Waals surface area contributed by atoms with Crippen LogP contribution in [0.2, 0.25) is 0 Å². The molecule has 1 aromatic carbocycles. The highest BCUT2D eigenvalue weighted by molar-refractivity contribution is 5.58. The molecule has 0 unspecified atom stereocenters. The Kier molecular flexibility index (Phi) is 3.56. The van der Waals surface area contributed by atoms with Gasteiger partial charge >= 0.3 is 0 Å². The van der Waals surface area contributed by atoms with Gasteiger partial charge in [0.2, 0.25) is 0 Å². The number of aromatic nitrogens is 2. The van der Waals surface area contributed by atoms with Gasteiger partial charge in [-0.1, -0.05) is 31.2 Å². The molecule has 19 heavy (non-hydrogen) atoms. The number of hydrogen-bond donors (Lipinski definition) is 1. The molecule has 1 aliphatic rings. The molecule has 0 bridgehead atoms. The molecule has 1 aromatic heterocycles. The third kappa shape index (κ3) is 3.18. The minimum atomic E-state index is 0.691. The van der Waals surface area contributed by atoms with Gasteiger partial charge in [0.1, 0.15) is 5.82 Å². The van der Waals surface area contributed by atoms with E-state index in [1.54, 1.807) is 0 Å². The van der Waals surface area contributed by atoms with Crippen LogP contribution in [0.15, 0.2) is 36.5 Å². The normalized spacial score (nSPS) is 14.6. The average Bonchev–Trinajstić information content (AvgIpc) is 3.30. The maximum absolute atomic E-state index is 4.62. The first-order valence-electron chi connectivity index (χ1n) is 7.00. The summed E-state index contributed by atoms with van der Waals surface area (Å²) in [6.07, 6.45) is 5.50. The second kappa shape index (κ2) is 5.49. The molecule has 0 amide bonds. The van der Waals surface area contributed by atoms with Crippen LogP contribution in [0.3, 0.4) is 0 Å². The first-order chi connectivity index (χ1) is 9.35. The summed E-state index contributed by atoms with van der Waals surface area (Å²) in [6.45, 7) is 2.94. The summed E-state index contributed by atoms with van der Waals surface area (Å²) in [5.41, 5.74) is 3.52. The average molecular weight is 253 g/mol. The van der Waals surface area contributed by atoms with E-state index in [1.165, 1.54) is 18.4 Å². The maximum atomic E-state index is 4.62. The molecular formula is C16H19N3. The number of aryl methyl sites for hydroxylation is 1. The maximum Gasteiger partial charge on any atom is 0.142 e. The Morgan fingerprint density at radius 3 is 2.63 bits per heavy atom. The van der Waals surface area contributed by atoms with Gasteiger partial charge in [0, 0.05) is 17.8 Å². The van der Waals surface area contributed by atoms with Crippen LogP contribution in [-0.2, 0) is 13.0 Å². The molecule has 98 valence electrons. The van der Waals surface area contributed by atoms with Crippen molar-refractivity contribution >= 4 is 0 Å². The molecule has 3 rings (SSSR count). The highest BCUT2D eigenvalue weighted by Crippen LogP contribution is 2.20. The van der Waals surface area contributed by atoms with Crippen LogP contribution >= 0.6 is 0 Å². The lowest BCUT2D eigenvalue weighted by Crippen LogP contribution is -2.17. The predicted octanol–water partition coefficient (Wildman–Crippen LogP) is 2.96. The number of rotatable bonds is 5. The minimum absolute atomic E-state index is 0.691. The fourth-order valence-corrected chi connectivity index (χ4v) is 2.08. The molecule has 3 nitrogen and oxygen atoms in total. The first-order valence-corrected chi connectivity index (χ1v) is 7.00. The first kappa shape index (κ1) is 12.3. The lowest BCUT2D eigenvalue weighted by molar-refractivity contribution is 0.658. The van der Waals surface area contributed by atoms with Gasteiger partial charge < -0.3 is 5.32 Å². The summed E-state index contributed by atoms with van der Waals surface area (Å²) in [7, 11) is 0. The third-order valence-electron chi connectivity index (χ3n) is 3.49. The van der Waals surface area contributed by atoms with Crippen molar-refractivity contribution in [1.29, 1.82) is 0 Å². The Morgan fingerprint density at radius 1 is 1.16 bits per heavy atom. The van der Waals surface area contributed by atoms with Crippen LogP contribution in [-0.4, -0.2) is 16.0 Å². The number of benzene rings is 1. The SMILES string of the molecule is CCc1ccc(-c2ccnc(CNC3CC3)n2)cc1. The molecule has 0 spiro atoms. The lowest BCUT2D eigenvalue weighted by Gasteiger charge is -2.05. The molecule has 1 aliphatic carbocycles. The standard InChI is InChI=1S/C16H19N3/c1-2-12-3-5-13(6-4-12)15-9-10-17-16(19-15)11-18-14-7-8-14/h3-6,9-10,14,18H,2,7-8,11H2,1H3. The van der Waals surface area contributed by atoms with Gasteiger partial charge in [-0.3, -0.25) is 0 Å². The second-order valence-electron chi connectivity index (χ2n) is 5.06. The van der Waals surface area contributed by atoms with Crippen LogP contribution in [0.4, 0.5) is 0 Å². The largest absolute Gasteiger partial charge is 0.307 e. The predicted molar refractivity (Wildman–Crippen MR) is 76.7 cm³/mol. The van der Waals surface area contributed by atoms with Crippen LogP contribution in [0.1, 0.15) is 31.2 Å². The van der Waals surface area contributed by atoms with Crippen LogP contribution in [0.5, 0.6) is 0 Å². The quantitative estimate of drug-likeness (QED) is 0.890. The molecule has 1 saturated carbocycles. The van der Waals surface area contributed by atoms with Crippen molar-refractivity contribution in [3.63, 3.8) is 0 Å². The summed E-state index contributed by atoms with van der Waals surface area (Å²) in [6, 6.07) is 11.3. The molecular weight excluding hydrogens is 234 g/mol. The lowest BCUT2D eigenvalue weighted by atomic mass is 10.1. The van der Waals surface area contributed by atoms with E-state index in [-0.39, 0.29) is 0 Å². The second-order valence-corrected chi connectivity index (χ2v) is 5.06. The van der Waals surface area contributed by atoms with E-state index in [0.29, 0.717) is 6.04 Å². The smallest absolute Gasteiger partial charge is 0.142 e. The van der Waals surface area contributed by atoms with Gasteiger partial charge in [-0.05, 0) is 30.9 Å². The highest BCUT2D eigenvalue weighted by atomic mass is 15.0. The van der Waals surface area contributed by atoms with Crippen molar-refractivity contribution in [3.05, 3.63) is 47.9 Å². The molecule has 0 aliphatic heterocycles. The monoisotopic (exact) mass is 253 g/mol. The van der Waals surface area contributed by atoms with Crippen molar-refractivity contribution in [2.75, 3.05) is 0 Å². The van der Waals surface area contributed by atoms with E-state index < -0.39 is 0 Å². The Morgan fingerprint density at radius 2 is 1.95 bits per heavy atom. The van der Waals surface area contributed by atoms with Crippen molar-refractivity contribution < 1.29 is 0 Å². The molecule has 0 radical (unpaired) electrons. The van der Waals surface area contributed by atoms with Crippen LogP contribution < -0.4 is 5.32 Å². The van der Waals surface area contributed by atoms with E-state index in [2.05, 4.69) is 46.5 Å². The van der Waals surface area contributed by atoms with Gasteiger partial charge in [0.25, 0.3) is 0 Å².